The number of aromatic nitrogens is 1. The Kier molecular flexibility index (Phi) is 11.5. The molecule has 1 atom stereocenters. The molecule has 4 rings (SSSR count). The number of carbonyl (C=O) groups is 2. The van der Waals surface area contributed by atoms with E-state index in [-0.39, 0.29) is 17.7 Å². The van der Waals surface area contributed by atoms with Crippen molar-refractivity contribution in [2.75, 3.05) is 0 Å². The molecule has 0 unspecified atom stereocenters. The summed E-state index contributed by atoms with van der Waals surface area (Å²) in [6, 6.07) is 21.9. The van der Waals surface area contributed by atoms with Crippen LogP contribution in [0.3, 0.4) is 0 Å². The Morgan fingerprint density at radius 3 is 2.23 bits per heavy atom. The number of para-hydroxylation sites is 1. The van der Waals surface area contributed by atoms with Gasteiger partial charge in [-0.05, 0) is 66.5 Å². The third kappa shape index (κ3) is 9.94. The number of alkyl halides is 3. The van der Waals surface area contributed by atoms with Gasteiger partial charge in [0.1, 0.15) is 12.4 Å². The van der Waals surface area contributed by atoms with E-state index >= 15 is 0 Å². The molecular formula is C34H34F3NO5S. The van der Waals surface area contributed by atoms with Crippen LogP contribution in [0.5, 0.6) is 5.75 Å². The molecule has 3 aromatic carbocycles. The highest BCUT2D eigenvalue weighted by Crippen LogP contribution is 2.34. The van der Waals surface area contributed by atoms with Crippen LogP contribution >= 0.6 is 11.3 Å². The molecule has 1 aromatic heterocycles. The van der Waals surface area contributed by atoms with E-state index in [0.717, 1.165) is 61.0 Å². The van der Waals surface area contributed by atoms with Crippen molar-refractivity contribution in [2.45, 2.75) is 64.1 Å². The van der Waals surface area contributed by atoms with Crippen molar-refractivity contribution in [3.8, 4) is 17.0 Å². The fraction of sp³-hybridized carbons (Fsp3) is 0.324. The Morgan fingerprint density at radius 2 is 1.57 bits per heavy atom. The molecule has 44 heavy (non-hydrogen) atoms. The maximum absolute atomic E-state index is 12.9. The molecule has 2 N–H and O–H groups in total. The molecule has 0 aliphatic rings. The number of benzene rings is 3. The molecule has 232 valence electrons. The van der Waals surface area contributed by atoms with Gasteiger partial charge < -0.3 is 14.9 Å². The second-order valence-electron chi connectivity index (χ2n) is 10.7. The van der Waals surface area contributed by atoms with E-state index < -0.39 is 23.1 Å². The maximum Gasteiger partial charge on any atom is 0.443 e. The number of nitrogens with zero attached hydrogens (tertiary/aromatic N) is 1. The summed E-state index contributed by atoms with van der Waals surface area (Å²) in [7, 11) is 0. The molecule has 0 fully saturated rings. The van der Waals surface area contributed by atoms with Crippen molar-refractivity contribution in [1.82, 2.24) is 4.98 Å². The predicted octanol–water partition coefficient (Wildman–Crippen LogP) is 8.93. The number of aromatic carboxylic acids is 1. The molecule has 1 heterocycles. The zero-order chi connectivity index (χ0) is 31.5. The van der Waals surface area contributed by atoms with Crippen LogP contribution in [0.2, 0.25) is 0 Å². The summed E-state index contributed by atoms with van der Waals surface area (Å²) in [5.74, 6) is -0.665. The van der Waals surface area contributed by atoms with Crippen molar-refractivity contribution >= 4 is 23.3 Å². The van der Waals surface area contributed by atoms with E-state index in [0.29, 0.717) is 35.8 Å². The standard InChI is InChI=1S/C34H34F3NO5S/c35-34(36,37)33-38-29(22-44-33)26-15-13-25(14-16-26)21-43-30-8-5-4-7-27(30)17-10-23(6-2-1-3-9-31(39)40)20-24-11-18-28(19-12-24)32(41)42/h4-5,7-8,11-16,18-19,22-23H,1-3,6,9-10,17,20-21H2,(H,39,40)(H,41,42)/t23-/m0/s1. The molecule has 0 saturated carbocycles. The fourth-order valence-electron chi connectivity index (χ4n) is 5.03. The minimum atomic E-state index is -4.46. The zero-order valence-electron chi connectivity index (χ0n) is 24.1. The van der Waals surface area contributed by atoms with Gasteiger partial charge in [0.15, 0.2) is 5.01 Å². The van der Waals surface area contributed by atoms with E-state index in [1.165, 1.54) is 5.38 Å². The number of thiazole rings is 1. The number of rotatable bonds is 16. The lowest BCUT2D eigenvalue weighted by Gasteiger charge is -2.19. The van der Waals surface area contributed by atoms with Crippen LogP contribution in [0, 0.1) is 5.92 Å². The minimum absolute atomic E-state index is 0.165. The van der Waals surface area contributed by atoms with E-state index in [2.05, 4.69) is 4.98 Å². The first kappa shape index (κ1) is 32.7. The third-order valence-electron chi connectivity index (χ3n) is 7.41. The second kappa shape index (κ2) is 15.5. The van der Waals surface area contributed by atoms with Crippen LogP contribution in [0.15, 0.2) is 78.2 Å². The number of carboxylic acids is 2. The predicted molar refractivity (Wildman–Crippen MR) is 163 cm³/mol. The van der Waals surface area contributed by atoms with Crippen LogP contribution in [0.4, 0.5) is 13.2 Å². The summed E-state index contributed by atoms with van der Waals surface area (Å²) in [5.41, 5.74) is 4.13. The number of hydrogen-bond acceptors (Lipinski definition) is 5. The van der Waals surface area contributed by atoms with E-state index in [1.807, 2.05) is 48.5 Å². The first-order chi connectivity index (χ1) is 21.1. The molecule has 0 radical (unpaired) electrons. The highest BCUT2D eigenvalue weighted by molar-refractivity contribution is 7.10. The van der Waals surface area contributed by atoms with Gasteiger partial charge in [-0.2, -0.15) is 13.2 Å². The number of carboxylic acid groups (broad SMARTS) is 2. The lowest BCUT2D eigenvalue weighted by molar-refractivity contribution is -0.138. The Bertz CT molecular complexity index is 1520. The number of hydrogen-bond donors (Lipinski definition) is 2. The van der Waals surface area contributed by atoms with Crippen molar-refractivity contribution < 1.29 is 37.7 Å². The molecule has 0 saturated heterocycles. The molecule has 0 amide bonds. The summed E-state index contributed by atoms with van der Waals surface area (Å²) in [6.07, 6.45) is 1.47. The first-order valence-corrected chi connectivity index (χ1v) is 15.3. The Hall–Kier alpha value is -4.18. The lowest BCUT2D eigenvalue weighted by Crippen LogP contribution is -2.08. The van der Waals surface area contributed by atoms with E-state index in [4.69, 9.17) is 9.84 Å². The van der Waals surface area contributed by atoms with E-state index in [1.54, 1.807) is 24.3 Å². The van der Waals surface area contributed by atoms with E-state index in [9.17, 15) is 27.9 Å². The van der Waals surface area contributed by atoms with Crippen LogP contribution in [-0.2, 0) is 30.4 Å². The van der Waals surface area contributed by atoms with Crippen LogP contribution in [0.25, 0.3) is 11.3 Å². The Balaban J connectivity index is 1.36. The third-order valence-corrected chi connectivity index (χ3v) is 8.30. The van der Waals surface area contributed by atoms with Gasteiger partial charge in [-0.15, -0.1) is 11.3 Å². The molecule has 4 aromatic rings. The Labute approximate surface area is 258 Å². The van der Waals surface area contributed by atoms with Gasteiger partial charge in [0.05, 0.1) is 11.3 Å². The average molecular weight is 626 g/mol. The monoisotopic (exact) mass is 625 g/mol. The Morgan fingerprint density at radius 1 is 0.864 bits per heavy atom. The molecular weight excluding hydrogens is 591 g/mol. The highest BCUT2D eigenvalue weighted by Gasteiger charge is 2.34. The lowest BCUT2D eigenvalue weighted by atomic mass is 9.88. The number of ether oxygens (including phenoxy) is 1. The van der Waals surface area contributed by atoms with Crippen molar-refractivity contribution in [2.24, 2.45) is 5.92 Å². The fourth-order valence-corrected chi connectivity index (χ4v) is 5.73. The van der Waals surface area contributed by atoms with Gasteiger partial charge in [0.2, 0.25) is 0 Å². The van der Waals surface area contributed by atoms with Crippen LogP contribution < -0.4 is 4.74 Å². The van der Waals surface area contributed by atoms with Crippen LogP contribution in [0.1, 0.15) is 70.6 Å². The minimum Gasteiger partial charge on any atom is -0.489 e. The van der Waals surface area contributed by atoms with Gasteiger partial charge in [0.25, 0.3) is 0 Å². The van der Waals surface area contributed by atoms with Gasteiger partial charge in [-0.25, -0.2) is 9.78 Å². The molecule has 0 bridgehead atoms. The van der Waals surface area contributed by atoms with Crippen molar-refractivity contribution in [1.29, 1.82) is 0 Å². The number of aryl methyl sites for hydroxylation is 1. The highest BCUT2D eigenvalue weighted by atomic mass is 32.1. The van der Waals surface area contributed by atoms with Crippen molar-refractivity contribution in [3.05, 3.63) is 105 Å². The molecule has 10 heteroatoms. The molecule has 0 aliphatic heterocycles. The summed E-state index contributed by atoms with van der Waals surface area (Å²) in [5, 5.41) is 18.7. The summed E-state index contributed by atoms with van der Waals surface area (Å²) in [4.78, 5) is 25.8. The van der Waals surface area contributed by atoms with Gasteiger partial charge in [-0.1, -0.05) is 73.9 Å². The van der Waals surface area contributed by atoms with Gasteiger partial charge in [0, 0.05) is 17.4 Å². The SMILES string of the molecule is O=C(O)CCCCC[C@@H](CCc1ccccc1OCc1ccc(-c2csc(C(F)(F)F)n2)cc1)Cc1ccc(C(=O)O)cc1. The second-order valence-corrected chi connectivity index (χ2v) is 11.6. The van der Waals surface area contributed by atoms with Crippen LogP contribution in [-0.4, -0.2) is 27.1 Å². The van der Waals surface area contributed by atoms with Crippen molar-refractivity contribution in [3.63, 3.8) is 0 Å². The molecule has 0 aliphatic carbocycles. The number of aliphatic carboxylic acids is 1. The maximum atomic E-state index is 12.9. The number of unbranched alkanes of at least 4 members (excludes halogenated alkanes) is 2. The topological polar surface area (TPSA) is 96.7 Å². The molecule has 0 spiro atoms. The summed E-state index contributed by atoms with van der Waals surface area (Å²) in [6.45, 7) is 0.297. The smallest absolute Gasteiger partial charge is 0.443 e. The summed E-state index contributed by atoms with van der Waals surface area (Å²) < 4.78 is 44.9. The number of halogens is 3. The normalized spacial score (nSPS) is 12.2. The first-order valence-electron chi connectivity index (χ1n) is 14.4. The zero-order valence-corrected chi connectivity index (χ0v) is 24.9. The quantitative estimate of drug-likeness (QED) is 0.121. The van der Waals surface area contributed by atoms with Gasteiger partial charge >= 0.3 is 18.1 Å². The summed E-state index contributed by atoms with van der Waals surface area (Å²) >= 11 is 0.577. The molecule has 6 nitrogen and oxygen atoms in total. The average Bonchev–Trinajstić information content (AvgIpc) is 3.51. The van der Waals surface area contributed by atoms with Gasteiger partial charge in [-0.3, -0.25) is 4.79 Å². The largest absolute Gasteiger partial charge is 0.489 e.